The molecule has 1 aliphatic rings. The number of carbonyl (C=O) groups is 1. The Kier molecular flexibility index (Phi) is 7.82. The van der Waals surface area contributed by atoms with Gasteiger partial charge in [-0.3, -0.25) is 4.79 Å². The lowest BCUT2D eigenvalue weighted by atomic mass is 10.1. The summed E-state index contributed by atoms with van der Waals surface area (Å²) >= 11 is 0. The summed E-state index contributed by atoms with van der Waals surface area (Å²) < 4.78 is 24.1. The van der Waals surface area contributed by atoms with Gasteiger partial charge in [0.15, 0.2) is 0 Å². The van der Waals surface area contributed by atoms with Crippen molar-refractivity contribution < 1.29 is 18.7 Å². The standard InChI is InChI=1S/C22H27FN2O3/c23-19-7-3-18(4-8-19)15-27-16-22(26)25-12-1-2-17-5-9-20(10-6-17)28-21-11-13-24-14-21/h3-10,21,24H,1-2,11-16H2,(H,25,26). The zero-order valence-electron chi connectivity index (χ0n) is 16.0. The first-order valence-corrected chi connectivity index (χ1v) is 9.74. The fourth-order valence-electron chi connectivity index (χ4n) is 3.07. The average molecular weight is 386 g/mol. The Morgan fingerprint density at radius 2 is 1.86 bits per heavy atom. The van der Waals surface area contributed by atoms with Crippen LogP contribution in [0.3, 0.4) is 0 Å². The normalized spacial score (nSPS) is 16.1. The lowest BCUT2D eigenvalue weighted by Gasteiger charge is -2.12. The fourth-order valence-corrected chi connectivity index (χ4v) is 3.07. The molecule has 6 heteroatoms. The highest BCUT2D eigenvalue weighted by atomic mass is 19.1. The van der Waals surface area contributed by atoms with Crippen LogP contribution in [0.25, 0.3) is 0 Å². The summed E-state index contributed by atoms with van der Waals surface area (Å²) in [6, 6.07) is 14.2. The third-order valence-electron chi connectivity index (χ3n) is 4.62. The van der Waals surface area contributed by atoms with Crippen LogP contribution < -0.4 is 15.4 Å². The molecule has 1 heterocycles. The number of ether oxygens (including phenoxy) is 2. The first kappa shape index (κ1) is 20.3. The van der Waals surface area contributed by atoms with E-state index in [0.29, 0.717) is 13.2 Å². The number of nitrogens with one attached hydrogen (secondary N) is 2. The van der Waals surface area contributed by atoms with Crippen molar-refractivity contribution in [3.63, 3.8) is 0 Å². The van der Waals surface area contributed by atoms with Crippen molar-refractivity contribution in [1.82, 2.24) is 10.6 Å². The van der Waals surface area contributed by atoms with Gasteiger partial charge in [0.1, 0.15) is 24.3 Å². The van der Waals surface area contributed by atoms with E-state index in [0.717, 1.165) is 43.7 Å². The van der Waals surface area contributed by atoms with Gasteiger partial charge in [0.25, 0.3) is 0 Å². The van der Waals surface area contributed by atoms with Crippen molar-refractivity contribution in [2.45, 2.75) is 32.0 Å². The van der Waals surface area contributed by atoms with E-state index in [1.807, 2.05) is 12.1 Å². The molecule has 2 aromatic rings. The van der Waals surface area contributed by atoms with Crippen LogP contribution in [0.15, 0.2) is 48.5 Å². The molecule has 0 spiro atoms. The number of hydrogen-bond acceptors (Lipinski definition) is 4. The second kappa shape index (κ2) is 10.8. The minimum Gasteiger partial charge on any atom is -0.489 e. The third-order valence-corrected chi connectivity index (χ3v) is 4.62. The van der Waals surface area contributed by atoms with Crippen LogP contribution in [0.2, 0.25) is 0 Å². The van der Waals surface area contributed by atoms with Gasteiger partial charge in [-0.2, -0.15) is 0 Å². The topological polar surface area (TPSA) is 59.6 Å². The SMILES string of the molecule is O=C(COCc1ccc(F)cc1)NCCCc1ccc(OC2CCNC2)cc1. The summed E-state index contributed by atoms with van der Waals surface area (Å²) in [7, 11) is 0. The van der Waals surface area contributed by atoms with Crippen LogP contribution >= 0.6 is 0 Å². The van der Waals surface area contributed by atoms with Gasteiger partial charge in [-0.05, 0) is 61.2 Å². The predicted octanol–water partition coefficient (Wildman–Crippen LogP) is 2.83. The number of rotatable bonds is 10. The molecule has 1 aliphatic heterocycles. The number of amides is 1. The van der Waals surface area contributed by atoms with E-state index < -0.39 is 0 Å². The van der Waals surface area contributed by atoms with Crippen molar-refractivity contribution >= 4 is 5.91 Å². The monoisotopic (exact) mass is 386 g/mol. The van der Waals surface area contributed by atoms with Crippen LogP contribution in [-0.2, 0) is 22.6 Å². The van der Waals surface area contributed by atoms with Gasteiger partial charge in [0.2, 0.25) is 5.91 Å². The summed E-state index contributed by atoms with van der Waals surface area (Å²) in [5, 5.41) is 6.14. The molecule has 0 bridgehead atoms. The van der Waals surface area contributed by atoms with Crippen molar-refractivity contribution in [2.75, 3.05) is 26.2 Å². The van der Waals surface area contributed by atoms with Crippen molar-refractivity contribution in [1.29, 1.82) is 0 Å². The van der Waals surface area contributed by atoms with Crippen LogP contribution in [0.4, 0.5) is 4.39 Å². The molecule has 0 aliphatic carbocycles. The number of hydrogen-bond donors (Lipinski definition) is 2. The highest BCUT2D eigenvalue weighted by molar-refractivity contribution is 5.77. The van der Waals surface area contributed by atoms with Crippen LogP contribution in [0.1, 0.15) is 24.0 Å². The Bertz CT molecular complexity index is 728. The number of benzene rings is 2. The Morgan fingerprint density at radius 3 is 2.57 bits per heavy atom. The van der Waals surface area contributed by atoms with E-state index in [2.05, 4.69) is 22.8 Å². The highest BCUT2D eigenvalue weighted by Gasteiger charge is 2.15. The maximum absolute atomic E-state index is 12.8. The second-order valence-corrected chi connectivity index (χ2v) is 6.95. The number of carbonyl (C=O) groups excluding carboxylic acids is 1. The molecule has 5 nitrogen and oxygen atoms in total. The van der Waals surface area contributed by atoms with Gasteiger partial charge in [-0.1, -0.05) is 24.3 Å². The largest absolute Gasteiger partial charge is 0.489 e. The highest BCUT2D eigenvalue weighted by Crippen LogP contribution is 2.16. The van der Waals surface area contributed by atoms with E-state index >= 15 is 0 Å². The molecule has 1 unspecified atom stereocenters. The van der Waals surface area contributed by atoms with Gasteiger partial charge >= 0.3 is 0 Å². The minimum absolute atomic E-state index is 0.000559. The molecule has 2 N–H and O–H groups in total. The van der Waals surface area contributed by atoms with Gasteiger partial charge in [0, 0.05) is 13.1 Å². The molecule has 0 saturated carbocycles. The zero-order valence-corrected chi connectivity index (χ0v) is 16.0. The second-order valence-electron chi connectivity index (χ2n) is 6.95. The average Bonchev–Trinajstić information content (AvgIpc) is 3.21. The zero-order chi connectivity index (χ0) is 19.6. The Balaban J connectivity index is 1.26. The lowest BCUT2D eigenvalue weighted by Crippen LogP contribution is -2.28. The van der Waals surface area contributed by atoms with E-state index in [-0.39, 0.29) is 24.4 Å². The Morgan fingerprint density at radius 1 is 1.11 bits per heavy atom. The number of aryl methyl sites for hydroxylation is 1. The number of halogens is 1. The molecule has 1 fully saturated rings. The molecular formula is C22H27FN2O3. The first-order valence-electron chi connectivity index (χ1n) is 9.74. The maximum atomic E-state index is 12.8. The molecule has 1 atom stereocenters. The molecule has 28 heavy (non-hydrogen) atoms. The van der Waals surface area contributed by atoms with E-state index in [4.69, 9.17) is 9.47 Å². The van der Waals surface area contributed by atoms with E-state index in [1.165, 1.54) is 17.7 Å². The molecule has 2 aromatic carbocycles. The Labute approximate surface area is 165 Å². The van der Waals surface area contributed by atoms with Gasteiger partial charge < -0.3 is 20.1 Å². The van der Waals surface area contributed by atoms with Crippen molar-refractivity contribution in [2.24, 2.45) is 0 Å². The van der Waals surface area contributed by atoms with Crippen LogP contribution in [-0.4, -0.2) is 38.3 Å². The maximum Gasteiger partial charge on any atom is 0.246 e. The molecule has 0 aromatic heterocycles. The molecule has 1 amide bonds. The van der Waals surface area contributed by atoms with E-state index in [1.54, 1.807) is 12.1 Å². The Hall–Kier alpha value is -2.44. The summed E-state index contributed by atoms with van der Waals surface area (Å²) in [6.45, 7) is 2.82. The van der Waals surface area contributed by atoms with Crippen LogP contribution in [0.5, 0.6) is 5.75 Å². The minimum atomic E-state index is -0.283. The summed E-state index contributed by atoms with van der Waals surface area (Å²) in [6.07, 6.45) is 3.07. The molecular weight excluding hydrogens is 359 g/mol. The first-order chi connectivity index (χ1) is 13.7. The molecule has 0 radical (unpaired) electrons. The predicted molar refractivity (Wildman–Crippen MR) is 106 cm³/mol. The fraction of sp³-hybridized carbons (Fsp3) is 0.409. The summed E-state index contributed by atoms with van der Waals surface area (Å²) in [4.78, 5) is 11.8. The molecule has 1 saturated heterocycles. The quantitative estimate of drug-likeness (QED) is 0.617. The van der Waals surface area contributed by atoms with Crippen molar-refractivity contribution in [3.8, 4) is 5.75 Å². The smallest absolute Gasteiger partial charge is 0.246 e. The van der Waals surface area contributed by atoms with Gasteiger partial charge in [-0.15, -0.1) is 0 Å². The van der Waals surface area contributed by atoms with E-state index in [9.17, 15) is 9.18 Å². The third kappa shape index (κ3) is 6.94. The van der Waals surface area contributed by atoms with Crippen LogP contribution in [0, 0.1) is 5.82 Å². The summed E-state index contributed by atoms with van der Waals surface area (Å²) in [5.41, 5.74) is 2.06. The summed E-state index contributed by atoms with van der Waals surface area (Å²) in [5.74, 6) is 0.481. The van der Waals surface area contributed by atoms with Gasteiger partial charge in [-0.25, -0.2) is 4.39 Å². The van der Waals surface area contributed by atoms with Gasteiger partial charge in [0.05, 0.1) is 6.61 Å². The molecule has 3 rings (SSSR count). The van der Waals surface area contributed by atoms with Crippen molar-refractivity contribution in [3.05, 3.63) is 65.5 Å². The lowest BCUT2D eigenvalue weighted by molar-refractivity contribution is -0.126. The molecule has 150 valence electrons.